The fourth-order valence-electron chi connectivity index (χ4n) is 2.07. The summed E-state index contributed by atoms with van der Waals surface area (Å²) in [5, 5.41) is 0. The van der Waals surface area contributed by atoms with E-state index in [-0.39, 0.29) is 0 Å². The van der Waals surface area contributed by atoms with Crippen LogP contribution in [0, 0.1) is 0 Å². The summed E-state index contributed by atoms with van der Waals surface area (Å²) in [6.07, 6.45) is 2.04. The molecule has 3 rings (SSSR count). The summed E-state index contributed by atoms with van der Waals surface area (Å²) in [5.74, 6) is 2.06. The lowest BCUT2D eigenvalue weighted by atomic mass is 10.2. The summed E-state index contributed by atoms with van der Waals surface area (Å²) in [4.78, 5) is 5.91. The lowest BCUT2D eigenvalue weighted by Gasteiger charge is -2.03. The number of thioether (sulfide) groups is 1. The van der Waals surface area contributed by atoms with Crippen molar-refractivity contribution in [2.45, 2.75) is 11.8 Å². The van der Waals surface area contributed by atoms with Crippen molar-refractivity contribution in [1.29, 1.82) is 0 Å². The molecule has 0 unspecified atom stereocenters. The predicted molar refractivity (Wildman–Crippen MR) is 84.7 cm³/mol. The van der Waals surface area contributed by atoms with Crippen LogP contribution in [0.2, 0.25) is 0 Å². The Morgan fingerprint density at radius 1 is 1.16 bits per heavy atom. The molecule has 0 aliphatic heterocycles. The SMILES string of the molecule is CCSc1ccc(-c2nc(Br)c3ccccn23)cc1. The topological polar surface area (TPSA) is 17.3 Å². The van der Waals surface area contributed by atoms with Gasteiger partial charge in [-0.2, -0.15) is 0 Å². The maximum atomic E-state index is 4.61. The lowest BCUT2D eigenvalue weighted by molar-refractivity contribution is 1.16. The molecule has 96 valence electrons. The normalized spacial score (nSPS) is 11.1. The van der Waals surface area contributed by atoms with Gasteiger partial charge in [-0.3, -0.25) is 4.40 Å². The molecule has 0 saturated heterocycles. The summed E-state index contributed by atoms with van der Waals surface area (Å²) in [5.41, 5.74) is 2.22. The van der Waals surface area contributed by atoms with E-state index in [0.29, 0.717) is 0 Å². The Labute approximate surface area is 125 Å². The van der Waals surface area contributed by atoms with Crippen LogP contribution in [0.1, 0.15) is 6.92 Å². The zero-order valence-electron chi connectivity index (χ0n) is 10.5. The third-order valence-electron chi connectivity index (χ3n) is 2.93. The van der Waals surface area contributed by atoms with E-state index in [4.69, 9.17) is 0 Å². The maximum Gasteiger partial charge on any atom is 0.145 e. The van der Waals surface area contributed by atoms with E-state index in [2.05, 4.69) is 62.6 Å². The first-order valence-corrected chi connectivity index (χ1v) is 7.93. The molecule has 0 saturated carbocycles. The molecule has 4 heteroatoms. The van der Waals surface area contributed by atoms with Gasteiger partial charge < -0.3 is 0 Å². The summed E-state index contributed by atoms with van der Waals surface area (Å²) in [7, 11) is 0. The summed E-state index contributed by atoms with van der Waals surface area (Å²) in [6, 6.07) is 14.7. The highest BCUT2D eigenvalue weighted by Gasteiger charge is 2.09. The van der Waals surface area contributed by atoms with E-state index in [0.717, 1.165) is 27.3 Å². The van der Waals surface area contributed by atoms with Gasteiger partial charge in [0, 0.05) is 16.7 Å². The fourth-order valence-corrected chi connectivity index (χ4v) is 3.22. The average Bonchev–Trinajstić information content (AvgIpc) is 2.78. The minimum absolute atomic E-state index is 0.884. The molecule has 0 atom stereocenters. The van der Waals surface area contributed by atoms with Crippen LogP contribution < -0.4 is 0 Å². The average molecular weight is 333 g/mol. The third kappa shape index (κ3) is 2.42. The van der Waals surface area contributed by atoms with Gasteiger partial charge >= 0.3 is 0 Å². The van der Waals surface area contributed by atoms with E-state index in [1.165, 1.54) is 4.90 Å². The molecule has 3 aromatic rings. The highest BCUT2D eigenvalue weighted by atomic mass is 79.9. The van der Waals surface area contributed by atoms with Crippen molar-refractivity contribution in [3.05, 3.63) is 53.3 Å². The van der Waals surface area contributed by atoms with Crippen LogP contribution in [0.15, 0.2) is 58.2 Å². The number of hydrogen-bond donors (Lipinski definition) is 0. The molecule has 2 aromatic heterocycles. The van der Waals surface area contributed by atoms with Crippen LogP contribution in [-0.2, 0) is 0 Å². The number of nitrogens with zero attached hydrogens (tertiary/aromatic N) is 2. The second kappa shape index (κ2) is 5.39. The number of imidazole rings is 1. The van der Waals surface area contributed by atoms with Crippen LogP contribution in [0.5, 0.6) is 0 Å². The number of pyridine rings is 1. The molecule has 0 N–H and O–H groups in total. The molecule has 2 nitrogen and oxygen atoms in total. The number of hydrogen-bond acceptors (Lipinski definition) is 2. The Bertz CT molecular complexity index is 704. The number of halogens is 1. The summed E-state index contributed by atoms with van der Waals surface area (Å²) < 4.78 is 2.99. The Morgan fingerprint density at radius 2 is 1.95 bits per heavy atom. The van der Waals surface area contributed by atoms with Crippen molar-refractivity contribution in [3.63, 3.8) is 0 Å². The molecular weight excluding hydrogens is 320 g/mol. The van der Waals surface area contributed by atoms with E-state index in [9.17, 15) is 0 Å². The Kier molecular flexibility index (Phi) is 3.62. The second-order valence-corrected chi connectivity index (χ2v) is 6.23. The van der Waals surface area contributed by atoms with Gasteiger partial charge in [0.15, 0.2) is 0 Å². The van der Waals surface area contributed by atoms with Crippen molar-refractivity contribution in [2.75, 3.05) is 5.75 Å². The molecule has 19 heavy (non-hydrogen) atoms. The van der Waals surface area contributed by atoms with Gasteiger partial charge in [-0.1, -0.05) is 25.1 Å². The monoisotopic (exact) mass is 332 g/mol. The molecule has 2 heterocycles. The number of benzene rings is 1. The Balaban J connectivity index is 2.09. The largest absolute Gasteiger partial charge is 0.299 e. The van der Waals surface area contributed by atoms with Gasteiger partial charge in [0.25, 0.3) is 0 Å². The van der Waals surface area contributed by atoms with E-state index in [1.807, 2.05) is 30.1 Å². The van der Waals surface area contributed by atoms with Crippen molar-refractivity contribution in [1.82, 2.24) is 9.38 Å². The van der Waals surface area contributed by atoms with Crippen LogP contribution in [0.4, 0.5) is 0 Å². The van der Waals surface area contributed by atoms with Gasteiger partial charge in [0.05, 0.1) is 5.52 Å². The molecule has 0 aliphatic carbocycles. The Hall–Kier alpha value is -1.26. The first-order chi connectivity index (χ1) is 9.29. The third-order valence-corrected chi connectivity index (χ3v) is 4.40. The van der Waals surface area contributed by atoms with E-state index in [1.54, 1.807) is 0 Å². The van der Waals surface area contributed by atoms with Crippen LogP contribution in [0.25, 0.3) is 16.9 Å². The van der Waals surface area contributed by atoms with Gasteiger partial charge in [0.2, 0.25) is 0 Å². The second-order valence-electron chi connectivity index (χ2n) is 4.14. The number of fused-ring (bicyclic) bond motifs is 1. The molecule has 0 aliphatic rings. The first kappa shape index (κ1) is 12.8. The van der Waals surface area contributed by atoms with Crippen molar-refractivity contribution in [2.24, 2.45) is 0 Å². The van der Waals surface area contributed by atoms with Gasteiger partial charge in [-0.05, 0) is 45.9 Å². The number of aromatic nitrogens is 2. The fraction of sp³-hybridized carbons (Fsp3) is 0.133. The van der Waals surface area contributed by atoms with Gasteiger partial charge in [-0.15, -0.1) is 11.8 Å². The minimum Gasteiger partial charge on any atom is -0.299 e. The zero-order chi connectivity index (χ0) is 13.2. The van der Waals surface area contributed by atoms with Crippen molar-refractivity contribution in [3.8, 4) is 11.4 Å². The number of rotatable bonds is 3. The molecule has 0 amide bonds. The van der Waals surface area contributed by atoms with Gasteiger partial charge in [0.1, 0.15) is 10.4 Å². The highest BCUT2D eigenvalue weighted by molar-refractivity contribution is 9.10. The van der Waals surface area contributed by atoms with Crippen molar-refractivity contribution >= 4 is 33.2 Å². The first-order valence-electron chi connectivity index (χ1n) is 6.15. The van der Waals surface area contributed by atoms with Crippen LogP contribution >= 0.6 is 27.7 Å². The quantitative estimate of drug-likeness (QED) is 0.636. The smallest absolute Gasteiger partial charge is 0.145 e. The van der Waals surface area contributed by atoms with Crippen LogP contribution in [-0.4, -0.2) is 15.1 Å². The molecule has 1 aromatic carbocycles. The Morgan fingerprint density at radius 3 is 2.68 bits per heavy atom. The molecular formula is C15H13BrN2S. The summed E-state index contributed by atoms with van der Waals surface area (Å²) in [6.45, 7) is 2.16. The van der Waals surface area contributed by atoms with Gasteiger partial charge in [-0.25, -0.2) is 4.98 Å². The molecule has 0 fully saturated rings. The predicted octanol–water partition coefficient (Wildman–Crippen LogP) is 4.88. The maximum absolute atomic E-state index is 4.61. The summed E-state index contributed by atoms with van der Waals surface area (Å²) >= 11 is 5.37. The van der Waals surface area contributed by atoms with Crippen molar-refractivity contribution < 1.29 is 0 Å². The zero-order valence-corrected chi connectivity index (χ0v) is 12.9. The van der Waals surface area contributed by atoms with Crippen LogP contribution in [0.3, 0.4) is 0 Å². The standard InChI is InChI=1S/C15H13BrN2S/c1-2-19-12-8-6-11(7-9-12)15-17-14(16)13-5-3-4-10-18(13)15/h3-10H,2H2,1H3. The minimum atomic E-state index is 0.884. The van der Waals surface area contributed by atoms with E-state index < -0.39 is 0 Å². The highest BCUT2D eigenvalue weighted by Crippen LogP contribution is 2.27. The van der Waals surface area contributed by atoms with E-state index >= 15 is 0 Å². The molecule has 0 spiro atoms. The molecule has 0 radical (unpaired) electrons. The molecule has 0 bridgehead atoms. The lowest BCUT2D eigenvalue weighted by Crippen LogP contribution is -1.88.